The molecule has 35 heavy (non-hydrogen) atoms. The Morgan fingerprint density at radius 2 is 1.57 bits per heavy atom. The molecule has 0 radical (unpaired) electrons. The van der Waals surface area contributed by atoms with Crippen LogP contribution in [0.2, 0.25) is 0 Å². The summed E-state index contributed by atoms with van der Waals surface area (Å²) in [6.45, 7) is 1.01. The minimum Gasteiger partial charge on any atom is -0.336 e. The zero-order valence-corrected chi connectivity index (χ0v) is 21.0. The first-order chi connectivity index (χ1) is 16.8. The van der Waals surface area contributed by atoms with Crippen molar-refractivity contribution in [3.8, 4) is 11.1 Å². The minimum absolute atomic E-state index is 0.180. The number of hydrogen-bond donors (Lipinski definition) is 0. The normalized spacial score (nSPS) is 14.9. The van der Waals surface area contributed by atoms with Gasteiger partial charge in [0.25, 0.3) is 5.91 Å². The van der Waals surface area contributed by atoms with Crippen LogP contribution in [0.25, 0.3) is 21.9 Å². The fraction of sp³-hybridized carbons (Fsp3) is 0.154. The molecule has 1 aliphatic heterocycles. The van der Waals surface area contributed by atoms with Crippen LogP contribution in [0, 0.1) is 5.82 Å². The maximum absolute atomic E-state index is 14.0. The van der Waals surface area contributed by atoms with Gasteiger partial charge >= 0.3 is 0 Å². The number of aromatic nitrogens is 1. The van der Waals surface area contributed by atoms with Gasteiger partial charge in [0.1, 0.15) is 5.82 Å². The van der Waals surface area contributed by atoms with Crippen LogP contribution in [0.15, 0.2) is 88.5 Å². The van der Waals surface area contributed by atoms with Gasteiger partial charge in [0.2, 0.25) is 10.0 Å². The van der Waals surface area contributed by atoms with Crippen molar-refractivity contribution < 1.29 is 17.6 Å². The highest BCUT2D eigenvalue weighted by molar-refractivity contribution is 9.10. The largest absolute Gasteiger partial charge is 0.336 e. The molecule has 178 valence electrons. The van der Waals surface area contributed by atoms with Crippen LogP contribution >= 0.6 is 15.9 Å². The quantitative estimate of drug-likeness (QED) is 0.358. The molecule has 0 N–H and O–H groups in total. The molecule has 4 aromatic rings. The predicted molar refractivity (Wildman–Crippen MR) is 136 cm³/mol. The maximum Gasteiger partial charge on any atom is 0.253 e. The highest BCUT2D eigenvalue weighted by Gasteiger charge is 2.30. The molecule has 0 aliphatic carbocycles. The van der Waals surface area contributed by atoms with E-state index < -0.39 is 15.8 Å². The average Bonchev–Trinajstić information content (AvgIpc) is 2.88. The Bertz CT molecular complexity index is 1520. The zero-order chi connectivity index (χ0) is 24.6. The number of carbonyl (C=O) groups excluding carboxylic acids is 1. The van der Waals surface area contributed by atoms with E-state index in [-0.39, 0.29) is 23.9 Å². The van der Waals surface area contributed by atoms with Crippen molar-refractivity contribution in [3.63, 3.8) is 0 Å². The summed E-state index contributed by atoms with van der Waals surface area (Å²) in [5.41, 5.74) is 1.54. The van der Waals surface area contributed by atoms with E-state index in [0.717, 1.165) is 21.4 Å². The summed E-state index contributed by atoms with van der Waals surface area (Å²) in [4.78, 5) is 18.6. The summed E-state index contributed by atoms with van der Waals surface area (Å²) in [6, 6.07) is 19.1. The van der Waals surface area contributed by atoms with Crippen LogP contribution in [0.4, 0.5) is 4.39 Å². The van der Waals surface area contributed by atoms with E-state index in [2.05, 4.69) is 20.9 Å². The Morgan fingerprint density at radius 1 is 0.886 bits per heavy atom. The lowest BCUT2D eigenvalue weighted by atomic mass is 10.0. The number of hydrogen-bond acceptors (Lipinski definition) is 4. The third kappa shape index (κ3) is 4.71. The fourth-order valence-corrected chi connectivity index (χ4v) is 6.06. The van der Waals surface area contributed by atoms with Crippen molar-refractivity contribution in [1.29, 1.82) is 0 Å². The van der Waals surface area contributed by atoms with Crippen molar-refractivity contribution in [1.82, 2.24) is 14.2 Å². The second kappa shape index (κ2) is 9.49. The molecule has 0 spiro atoms. The Balaban J connectivity index is 1.27. The van der Waals surface area contributed by atoms with Crippen LogP contribution < -0.4 is 0 Å². The highest BCUT2D eigenvalue weighted by Crippen LogP contribution is 2.26. The van der Waals surface area contributed by atoms with Crippen molar-refractivity contribution in [2.45, 2.75) is 4.90 Å². The van der Waals surface area contributed by atoms with Gasteiger partial charge in [-0.15, -0.1) is 0 Å². The number of piperazine rings is 1. The van der Waals surface area contributed by atoms with Gasteiger partial charge in [-0.3, -0.25) is 9.78 Å². The summed E-state index contributed by atoms with van der Waals surface area (Å²) < 4.78 is 42.8. The van der Waals surface area contributed by atoms with Crippen molar-refractivity contribution >= 4 is 42.6 Å². The van der Waals surface area contributed by atoms with E-state index in [9.17, 15) is 17.6 Å². The maximum atomic E-state index is 14.0. The van der Waals surface area contributed by atoms with Crippen molar-refractivity contribution in [2.24, 2.45) is 0 Å². The molecule has 0 bridgehead atoms. The highest BCUT2D eigenvalue weighted by atomic mass is 79.9. The smallest absolute Gasteiger partial charge is 0.253 e. The number of carbonyl (C=O) groups is 1. The summed E-state index contributed by atoms with van der Waals surface area (Å²) in [5.74, 6) is -0.608. The number of halogens is 2. The van der Waals surface area contributed by atoms with Crippen molar-refractivity contribution in [3.05, 3.63) is 95.0 Å². The molecule has 0 atom stereocenters. The van der Waals surface area contributed by atoms with E-state index >= 15 is 0 Å². The molecule has 1 amide bonds. The third-order valence-electron chi connectivity index (χ3n) is 6.15. The zero-order valence-electron chi connectivity index (χ0n) is 18.6. The van der Waals surface area contributed by atoms with E-state index in [0.29, 0.717) is 29.8 Å². The van der Waals surface area contributed by atoms with Gasteiger partial charge < -0.3 is 4.90 Å². The summed E-state index contributed by atoms with van der Waals surface area (Å²) >= 11 is 3.43. The van der Waals surface area contributed by atoms with Gasteiger partial charge in [0.05, 0.1) is 11.1 Å². The number of rotatable bonds is 4. The molecule has 0 unspecified atom stereocenters. The lowest BCUT2D eigenvalue weighted by Crippen LogP contribution is -2.50. The summed E-state index contributed by atoms with van der Waals surface area (Å²) in [5, 5.41) is 1.80. The lowest BCUT2D eigenvalue weighted by Gasteiger charge is -2.34. The molecule has 1 fully saturated rings. The van der Waals surface area contributed by atoms with Gasteiger partial charge in [-0.25, -0.2) is 12.8 Å². The SMILES string of the molecule is O=C(c1ccc(-c2ccncc2F)cc1)N1CCN(S(=O)(=O)c2ccc3cc(Br)ccc3c2)CC1. The molecule has 1 aliphatic rings. The van der Waals surface area contributed by atoms with E-state index in [1.165, 1.54) is 10.5 Å². The molecular formula is C26H21BrFN3O3S. The molecule has 0 saturated carbocycles. The average molecular weight is 554 g/mol. The Hall–Kier alpha value is -3.14. The molecule has 1 saturated heterocycles. The number of pyridine rings is 1. The first kappa shape index (κ1) is 23.6. The van der Waals surface area contributed by atoms with Crippen LogP contribution in [0.1, 0.15) is 10.4 Å². The molecule has 2 heterocycles. The Morgan fingerprint density at radius 3 is 2.29 bits per heavy atom. The summed E-state index contributed by atoms with van der Waals surface area (Å²) in [6.07, 6.45) is 2.67. The Kier molecular flexibility index (Phi) is 6.39. The first-order valence-corrected chi connectivity index (χ1v) is 13.2. The molecule has 5 rings (SSSR count). The monoisotopic (exact) mass is 553 g/mol. The lowest BCUT2D eigenvalue weighted by molar-refractivity contribution is 0.0698. The van der Waals surface area contributed by atoms with E-state index in [4.69, 9.17) is 0 Å². The standard InChI is InChI=1S/C26H21BrFN3O3S/c27-22-7-5-21-16-23(8-6-20(21)15-22)35(33,34)31-13-11-30(12-14-31)26(32)19-3-1-18(2-4-19)24-9-10-29-17-25(24)28/h1-10,15-17H,11-14H2. The predicted octanol–water partition coefficient (Wildman–Crippen LogP) is 4.95. The number of fused-ring (bicyclic) bond motifs is 1. The number of benzene rings is 3. The Labute approximate surface area is 211 Å². The molecule has 6 nitrogen and oxygen atoms in total. The molecular weight excluding hydrogens is 533 g/mol. The second-order valence-electron chi connectivity index (χ2n) is 8.28. The number of amides is 1. The van der Waals surface area contributed by atoms with Crippen LogP contribution in [0.5, 0.6) is 0 Å². The van der Waals surface area contributed by atoms with Gasteiger partial charge in [-0.05, 0) is 58.8 Å². The second-order valence-corrected chi connectivity index (χ2v) is 11.1. The van der Waals surface area contributed by atoms with Gasteiger partial charge in [-0.2, -0.15) is 4.31 Å². The molecule has 9 heteroatoms. The van der Waals surface area contributed by atoms with Crippen LogP contribution in [-0.4, -0.2) is 54.7 Å². The van der Waals surface area contributed by atoms with Crippen LogP contribution in [0.3, 0.4) is 0 Å². The molecule has 3 aromatic carbocycles. The number of nitrogens with zero attached hydrogens (tertiary/aromatic N) is 3. The minimum atomic E-state index is -3.67. The van der Waals surface area contributed by atoms with Gasteiger partial charge in [0.15, 0.2) is 0 Å². The van der Waals surface area contributed by atoms with Crippen molar-refractivity contribution in [2.75, 3.05) is 26.2 Å². The summed E-state index contributed by atoms with van der Waals surface area (Å²) in [7, 11) is -3.67. The fourth-order valence-electron chi connectivity index (χ4n) is 4.22. The van der Waals surface area contributed by atoms with Gasteiger partial charge in [0, 0.05) is 48.0 Å². The van der Waals surface area contributed by atoms with Crippen LogP contribution in [-0.2, 0) is 10.0 Å². The van der Waals surface area contributed by atoms with E-state index in [1.54, 1.807) is 53.4 Å². The topological polar surface area (TPSA) is 70.6 Å². The third-order valence-corrected chi connectivity index (χ3v) is 8.54. The molecule has 1 aromatic heterocycles. The van der Waals surface area contributed by atoms with Gasteiger partial charge in [-0.1, -0.05) is 40.2 Å². The number of sulfonamides is 1. The van der Waals surface area contributed by atoms with E-state index in [1.807, 2.05) is 18.2 Å². The first-order valence-electron chi connectivity index (χ1n) is 11.0.